The van der Waals surface area contributed by atoms with E-state index in [0.29, 0.717) is 6.54 Å². The van der Waals surface area contributed by atoms with Gasteiger partial charge >= 0.3 is 0 Å². The Morgan fingerprint density at radius 1 is 1.26 bits per heavy atom. The molecule has 0 spiro atoms. The third-order valence-corrected chi connectivity index (χ3v) is 3.75. The van der Waals surface area contributed by atoms with Crippen LogP contribution in [0.3, 0.4) is 0 Å². The van der Waals surface area contributed by atoms with Crippen LogP contribution >= 0.6 is 11.8 Å². The van der Waals surface area contributed by atoms with Gasteiger partial charge in [-0.25, -0.2) is 0 Å². The van der Waals surface area contributed by atoms with E-state index in [1.807, 2.05) is 12.1 Å². The van der Waals surface area contributed by atoms with Crippen molar-refractivity contribution in [3.8, 4) is 5.75 Å². The maximum absolute atomic E-state index is 9.25. The van der Waals surface area contributed by atoms with Crippen molar-refractivity contribution >= 4 is 11.8 Å². The highest BCUT2D eigenvalue weighted by atomic mass is 32.2. The number of phenols is 1. The summed E-state index contributed by atoms with van der Waals surface area (Å²) in [6, 6.07) is 7.48. The lowest BCUT2D eigenvalue weighted by Crippen LogP contribution is -2.11. The minimum atomic E-state index is 0.282. The van der Waals surface area contributed by atoms with Gasteiger partial charge in [-0.2, -0.15) is 0 Å². The molecule has 0 aliphatic heterocycles. The summed E-state index contributed by atoms with van der Waals surface area (Å²) in [6.45, 7) is 4.57. The summed E-state index contributed by atoms with van der Waals surface area (Å²) < 4.78 is 2.06. The van der Waals surface area contributed by atoms with Gasteiger partial charge in [0, 0.05) is 11.8 Å². The molecule has 102 valence electrons. The molecular weight excluding hydrogens is 260 g/mol. The highest BCUT2D eigenvalue weighted by Gasteiger charge is 2.13. The maximum atomic E-state index is 9.25. The van der Waals surface area contributed by atoms with Crippen LogP contribution in [0.4, 0.5) is 0 Å². The molecule has 0 aliphatic rings. The Morgan fingerprint density at radius 2 is 1.95 bits per heavy atom. The minimum absolute atomic E-state index is 0.282. The van der Waals surface area contributed by atoms with Crippen molar-refractivity contribution in [1.29, 1.82) is 0 Å². The summed E-state index contributed by atoms with van der Waals surface area (Å²) in [6.07, 6.45) is 0. The lowest BCUT2D eigenvalue weighted by molar-refractivity contribution is 0.475. The quantitative estimate of drug-likeness (QED) is 0.821. The lowest BCUT2D eigenvalue weighted by atomic mass is 10.2. The Kier molecular flexibility index (Phi) is 4.44. The predicted molar refractivity (Wildman–Crippen MR) is 76.0 cm³/mol. The molecule has 1 aromatic heterocycles. The SMILES string of the molecule is CC(C)n1c(CN)nnc1SCc1ccc(O)cc1. The molecule has 1 heterocycles. The fraction of sp³-hybridized carbons (Fsp3) is 0.385. The van der Waals surface area contributed by atoms with Gasteiger partial charge in [0.2, 0.25) is 0 Å². The molecule has 19 heavy (non-hydrogen) atoms. The van der Waals surface area contributed by atoms with Crippen LogP contribution in [0, 0.1) is 0 Å². The molecule has 2 aromatic rings. The van der Waals surface area contributed by atoms with E-state index in [-0.39, 0.29) is 11.8 Å². The molecule has 0 radical (unpaired) electrons. The van der Waals surface area contributed by atoms with E-state index < -0.39 is 0 Å². The molecule has 0 amide bonds. The first-order valence-electron chi connectivity index (χ1n) is 6.16. The largest absolute Gasteiger partial charge is 0.508 e. The zero-order chi connectivity index (χ0) is 13.8. The molecule has 0 unspecified atom stereocenters. The van der Waals surface area contributed by atoms with Crippen molar-refractivity contribution in [2.45, 2.75) is 37.3 Å². The molecule has 0 aliphatic carbocycles. The van der Waals surface area contributed by atoms with Gasteiger partial charge in [0.1, 0.15) is 11.6 Å². The third-order valence-electron chi connectivity index (χ3n) is 2.74. The van der Waals surface area contributed by atoms with E-state index in [0.717, 1.165) is 22.3 Å². The number of hydrogen-bond donors (Lipinski definition) is 2. The Morgan fingerprint density at radius 3 is 2.53 bits per heavy atom. The topological polar surface area (TPSA) is 77.0 Å². The number of thioether (sulfide) groups is 1. The van der Waals surface area contributed by atoms with Crippen LogP contribution in [-0.2, 0) is 12.3 Å². The molecule has 1 aromatic carbocycles. The molecule has 0 bridgehead atoms. The van der Waals surface area contributed by atoms with Crippen molar-refractivity contribution in [3.63, 3.8) is 0 Å². The second-order valence-electron chi connectivity index (χ2n) is 4.52. The van der Waals surface area contributed by atoms with Crippen LogP contribution in [0.2, 0.25) is 0 Å². The second-order valence-corrected chi connectivity index (χ2v) is 5.46. The smallest absolute Gasteiger partial charge is 0.191 e. The average Bonchev–Trinajstić information content (AvgIpc) is 2.81. The summed E-state index contributed by atoms with van der Waals surface area (Å²) in [5.41, 5.74) is 6.80. The van der Waals surface area contributed by atoms with E-state index in [1.165, 1.54) is 0 Å². The van der Waals surface area contributed by atoms with Crippen molar-refractivity contribution in [3.05, 3.63) is 35.7 Å². The molecule has 0 atom stereocenters. The fourth-order valence-electron chi connectivity index (χ4n) is 1.80. The first kappa shape index (κ1) is 13.9. The number of phenolic OH excluding ortho intramolecular Hbond substituents is 1. The number of rotatable bonds is 5. The highest BCUT2D eigenvalue weighted by molar-refractivity contribution is 7.98. The fourth-order valence-corrected chi connectivity index (χ4v) is 2.85. The van der Waals surface area contributed by atoms with Crippen molar-refractivity contribution in [2.75, 3.05) is 0 Å². The first-order valence-corrected chi connectivity index (χ1v) is 7.15. The molecule has 0 fully saturated rings. The highest BCUT2D eigenvalue weighted by Crippen LogP contribution is 2.25. The van der Waals surface area contributed by atoms with Crippen molar-refractivity contribution in [1.82, 2.24) is 14.8 Å². The van der Waals surface area contributed by atoms with E-state index in [9.17, 15) is 5.11 Å². The van der Waals surface area contributed by atoms with Crippen LogP contribution in [0.25, 0.3) is 0 Å². The number of aromatic nitrogens is 3. The van der Waals surface area contributed by atoms with Gasteiger partial charge in [-0.3, -0.25) is 0 Å². The Balaban J connectivity index is 2.11. The summed E-state index contributed by atoms with van der Waals surface area (Å²) in [4.78, 5) is 0. The number of hydrogen-bond acceptors (Lipinski definition) is 5. The van der Waals surface area contributed by atoms with Crippen LogP contribution in [0.1, 0.15) is 31.3 Å². The summed E-state index contributed by atoms with van der Waals surface area (Å²) in [5.74, 6) is 1.88. The van der Waals surface area contributed by atoms with Crippen molar-refractivity contribution < 1.29 is 5.11 Å². The van der Waals surface area contributed by atoms with Gasteiger partial charge in [0.05, 0.1) is 6.54 Å². The van der Waals surface area contributed by atoms with Crippen LogP contribution in [0.5, 0.6) is 5.75 Å². The van der Waals surface area contributed by atoms with Gasteiger partial charge in [-0.1, -0.05) is 23.9 Å². The Labute approximate surface area is 116 Å². The second kappa shape index (κ2) is 6.08. The average molecular weight is 278 g/mol. The van der Waals surface area contributed by atoms with Gasteiger partial charge in [0.15, 0.2) is 5.16 Å². The maximum Gasteiger partial charge on any atom is 0.191 e. The van der Waals surface area contributed by atoms with Gasteiger partial charge in [-0.15, -0.1) is 10.2 Å². The van der Waals surface area contributed by atoms with Crippen LogP contribution in [-0.4, -0.2) is 19.9 Å². The Bertz CT molecular complexity index is 536. The molecule has 2 rings (SSSR count). The van der Waals surface area contributed by atoms with Gasteiger partial charge in [-0.05, 0) is 31.5 Å². The molecular formula is C13H18N4OS. The predicted octanol–water partition coefficient (Wildman–Crippen LogP) is 2.32. The zero-order valence-corrected chi connectivity index (χ0v) is 11.9. The Hall–Kier alpha value is -1.53. The van der Waals surface area contributed by atoms with Gasteiger partial charge < -0.3 is 15.4 Å². The van der Waals surface area contributed by atoms with E-state index in [2.05, 4.69) is 28.6 Å². The molecule has 3 N–H and O–H groups in total. The summed E-state index contributed by atoms with van der Waals surface area (Å²) in [5, 5.41) is 18.4. The van der Waals surface area contributed by atoms with Crippen LogP contribution in [0.15, 0.2) is 29.4 Å². The number of nitrogens with two attached hydrogens (primary N) is 1. The molecule has 5 nitrogen and oxygen atoms in total. The van der Waals surface area contributed by atoms with E-state index in [1.54, 1.807) is 23.9 Å². The number of aromatic hydroxyl groups is 1. The lowest BCUT2D eigenvalue weighted by Gasteiger charge is -2.12. The zero-order valence-electron chi connectivity index (χ0n) is 11.1. The monoisotopic (exact) mass is 278 g/mol. The van der Waals surface area contributed by atoms with E-state index >= 15 is 0 Å². The molecule has 0 saturated carbocycles. The number of nitrogens with zero attached hydrogens (tertiary/aromatic N) is 3. The van der Waals surface area contributed by atoms with Gasteiger partial charge in [0.25, 0.3) is 0 Å². The minimum Gasteiger partial charge on any atom is -0.508 e. The van der Waals surface area contributed by atoms with Crippen LogP contribution < -0.4 is 5.73 Å². The van der Waals surface area contributed by atoms with E-state index in [4.69, 9.17) is 5.73 Å². The molecule has 6 heteroatoms. The summed E-state index contributed by atoms with van der Waals surface area (Å²) in [7, 11) is 0. The first-order chi connectivity index (χ1) is 9.11. The molecule has 0 saturated heterocycles. The normalized spacial score (nSPS) is 11.2. The summed E-state index contributed by atoms with van der Waals surface area (Å²) >= 11 is 1.62. The third kappa shape index (κ3) is 3.27. The number of benzene rings is 1. The van der Waals surface area contributed by atoms with Crippen molar-refractivity contribution in [2.24, 2.45) is 5.73 Å². The standard InChI is InChI=1S/C13H18N4OS/c1-9(2)17-12(7-14)15-16-13(17)19-8-10-3-5-11(18)6-4-10/h3-6,9,18H,7-8,14H2,1-2H3.